The monoisotopic (exact) mass is 293 g/mol. The molecule has 1 heterocycles. The first kappa shape index (κ1) is 13.6. The highest BCUT2D eigenvalue weighted by atomic mass is 32.2. The minimum atomic E-state index is -3.35. The maximum absolute atomic E-state index is 12.1. The minimum absolute atomic E-state index is 0.119. The summed E-state index contributed by atoms with van der Waals surface area (Å²) in [6.45, 7) is 0. The minimum Gasteiger partial charge on any atom is -0.495 e. The van der Waals surface area contributed by atoms with E-state index in [0.29, 0.717) is 21.1 Å². The maximum atomic E-state index is 12.1. The van der Waals surface area contributed by atoms with Gasteiger partial charge in [0.2, 0.25) is 0 Å². The fourth-order valence-electron chi connectivity index (χ4n) is 1.66. The standard InChI is InChI=1S/C13H11NO3S2/c1-17-12-5-4-10(7-11(12)8-14)9-19(15,16)13-3-2-6-18-13/h2-7H,9H2,1H3. The van der Waals surface area contributed by atoms with Gasteiger partial charge in [-0.25, -0.2) is 8.42 Å². The summed E-state index contributed by atoms with van der Waals surface area (Å²) in [5, 5.41) is 10.7. The summed E-state index contributed by atoms with van der Waals surface area (Å²) in [6, 6.07) is 10.1. The van der Waals surface area contributed by atoms with Crippen molar-refractivity contribution < 1.29 is 13.2 Å². The van der Waals surface area contributed by atoms with E-state index in [0.717, 1.165) is 0 Å². The summed E-state index contributed by atoms with van der Waals surface area (Å²) in [7, 11) is -1.88. The van der Waals surface area contributed by atoms with Crippen LogP contribution in [0.1, 0.15) is 11.1 Å². The van der Waals surface area contributed by atoms with Gasteiger partial charge in [-0.15, -0.1) is 11.3 Å². The van der Waals surface area contributed by atoms with Gasteiger partial charge in [-0.2, -0.15) is 5.26 Å². The Labute approximate surface area is 115 Å². The second kappa shape index (κ2) is 5.43. The van der Waals surface area contributed by atoms with E-state index in [-0.39, 0.29) is 5.75 Å². The van der Waals surface area contributed by atoms with Gasteiger partial charge in [0.05, 0.1) is 18.4 Å². The van der Waals surface area contributed by atoms with E-state index >= 15 is 0 Å². The molecule has 19 heavy (non-hydrogen) atoms. The molecule has 0 spiro atoms. The molecule has 0 aliphatic heterocycles. The lowest BCUT2D eigenvalue weighted by atomic mass is 10.1. The van der Waals surface area contributed by atoms with E-state index in [4.69, 9.17) is 10.00 Å². The molecule has 0 unspecified atom stereocenters. The first-order chi connectivity index (χ1) is 9.06. The number of ether oxygens (including phenoxy) is 1. The van der Waals surface area contributed by atoms with Crippen molar-refractivity contribution in [2.45, 2.75) is 9.96 Å². The Balaban J connectivity index is 2.33. The molecule has 6 heteroatoms. The molecular weight excluding hydrogens is 282 g/mol. The molecule has 2 rings (SSSR count). The SMILES string of the molecule is COc1ccc(CS(=O)(=O)c2cccs2)cc1C#N. The van der Waals surface area contributed by atoms with Crippen molar-refractivity contribution in [1.29, 1.82) is 5.26 Å². The van der Waals surface area contributed by atoms with Crippen LogP contribution in [0.15, 0.2) is 39.9 Å². The van der Waals surface area contributed by atoms with Crippen LogP contribution in [0.4, 0.5) is 0 Å². The van der Waals surface area contributed by atoms with Crippen LogP contribution in [0.25, 0.3) is 0 Å². The molecule has 0 saturated heterocycles. The lowest BCUT2D eigenvalue weighted by molar-refractivity contribution is 0.413. The van der Waals surface area contributed by atoms with Crippen molar-refractivity contribution in [3.05, 3.63) is 46.8 Å². The highest BCUT2D eigenvalue weighted by Crippen LogP contribution is 2.24. The highest BCUT2D eigenvalue weighted by molar-refractivity contribution is 7.92. The van der Waals surface area contributed by atoms with Gasteiger partial charge in [-0.1, -0.05) is 12.1 Å². The predicted molar refractivity (Wildman–Crippen MR) is 72.9 cm³/mol. The largest absolute Gasteiger partial charge is 0.495 e. The summed E-state index contributed by atoms with van der Waals surface area (Å²) in [5.41, 5.74) is 0.909. The lowest BCUT2D eigenvalue weighted by Crippen LogP contribution is -2.03. The van der Waals surface area contributed by atoms with Crippen LogP contribution in [0.5, 0.6) is 5.75 Å². The quantitative estimate of drug-likeness (QED) is 0.869. The second-order valence-corrected chi connectivity index (χ2v) is 7.00. The zero-order valence-corrected chi connectivity index (χ0v) is 11.8. The van der Waals surface area contributed by atoms with E-state index in [1.165, 1.54) is 18.4 Å². The van der Waals surface area contributed by atoms with Crippen LogP contribution in [-0.2, 0) is 15.6 Å². The summed E-state index contributed by atoms with van der Waals surface area (Å²) in [4.78, 5) is 0. The zero-order chi connectivity index (χ0) is 13.9. The number of hydrogen-bond acceptors (Lipinski definition) is 5. The van der Waals surface area contributed by atoms with E-state index in [2.05, 4.69) is 0 Å². The molecule has 0 amide bonds. The van der Waals surface area contributed by atoms with Crippen molar-refractivity contribution in [3.8, 4) is 11.8 Å². The van der Waals surface area contributed by atoms with Crippen molar-refractivity contribution in [2.24, 2.45) is 0 Å². The highest BCUT2D eigenvalue weighted by Gasteiger charge is 2.17. The number of methoxy groups -OCH3 is 1. The van der Waals surface area contributed by atoms with Crippen LogP contribution in [0, 0.1) is 11.3 Å². The molecular formula is C13H11NO3S2. The second-order valence-electron chi connectivity index (χ2n) is 3.84. The van der Waals surface area contributed by atoms with Crippen LogP contribution < -0.4 is 4.74 Å². The predicted octanol–water partition coefficient (Wildman–Crippen LogP) is 2.60. The number of hydrogen-bond donors (Lipinski definition) is 0. The van der Waals surface area contributed by atoms with Crippen LogP contribution >= 0.6 is 11.3 Å². The molecule has 0 saturated carbocycles. The molecule has 4 nitrogen and oxygen atoms in total. The lowest BCUT2D eigenvalue weighted by Gasteiger charge is -2.06. The number of benzene rings is 1. The van der Waals surface area contributed by atoms with Gasteiger partial charge in [0.1, 0.15) is 16.0 Å². The number of rotatable bonds is 4. The fourth-order valence-corrected chi connectivity index (χ4v) is 4.09. The van der Waals surface area contributed by atoms with E-state index < -0.39 is 9.84 Å². The molecule has 2 aromatic rings. The van der Waals surface area contributed by atoms with Crippen molar-refractivity contribution in [1.82, 2.24) is 0 Å². The molecule has 1 aromatic heterocycles. The van der Waals surface area contributed by atoms with Gasteiger partial charge in [0, 0.05) is 0 Å². The van der Waals surface area contributed by atoms with Crippen molar-refractivity contribution >= 4 is 21.2 Å². The summed E-state index contributed by atoms with van der Waals surface area (Å²) < 4.78 is 29.6. The number of nitriles is 1. The summed E-state index contributed by atoms with van der Waals surface area (Å²) >= 11 is 1.19. The fraction of sp³-hybridized carbons (Fsp3) is 0.154. The topological polar surface area (TPSA) is 67.2 Å². The Hall–Kier alpha value is -1.84. The maximum Gasteiger partial charge on any atom is 0.191 e. The first-order valence-electron chi connectivity index (χ1n) is 5.40. The van der Waals surface area contributed by atoms with Crippen LogP contribution in [0.3, 0.4) is 0 Å². The molecule has 0 bridgehead atoms. The van der Waals surface area contributed by atoms with E-state index in [9.17, 15) is 8.42 Å². The third-order valence-corrected chi connectivity index (χ3v) is 5.72. The Morgan fingerprint density at radius 2 is 2.16 bits per heavy atom. The zero-order valence-electron chi connectivity index (χ0n) is 10.2. The molecule has 98 valence electrons. The average molecular weight is 293 g/mol. The van der Waals surface area contributed by atoms with Gasteiger partial charge < -0.3 is 4.74 Å². The third kappa shape index (κ3) is 2.95. The Kier molecular flexibility index (Phi) is 3.88. The first-order valence-corrected chi connectivity index (χ1v) is 7.93. The van der Waals surface area contributed by atoms with Gasteiger partial charge in [-0.05, 0) is 29.1 Å². The molecule has 0 N–H and O–H groups in total. The molecule has 0 atom stereocenters. The molecule has 0 fully saturated rings. The summed E-state index contributed by atoms with van der Waals surface area (Å²) in [6.07, 6.45) is 0. The molecule has 0 aliphatic rings. The Morgan fingerprint density at radius 1 is 1.37 bits per heavy atom. The summed E-state index contributed by atoms with van der Waals surface area (Å²) in [5.74, 6) is 0.325. The number of nitrogens with zero attached hydrogens (tertiary/aromatic N) is 1. The normalized spacial score (nSPS) is 10.9. The van der Waals surface area contributed by atoms with Crippen LogP contribution in [0.2, 0.25) is 0 Å². The van der Waals surface area contributed by atoms with E-state index in [1.807, 2.05) is 6.07 Å². The molecule has 0 aliphatic carbocycles. The smallest absolute Gasteiger partial charge is 0.191 e. The Bertz CT molecular complexity index is 713. The van der Waals surface area contributed by atoms with Crippen molar-refractivity contribution in [2.75, 3.05) is 7.11 Å². The van der Waals surface area contributed by atoms with Gasteiger partial charge >= 0.3 is 0 Å². The van der Waals surface area contributed by atoms with Crippen LogP contribution in [-0.4, -0.2) is 15.5 Å². The molecule has 1 aromatic carbocycles. The third-order valence-electron chi connectivity index (χ3n) is 2.54. The Morgan fingerprint density at radius 3 is 2.74 bits per heavy atom. The van der Waals surface area contributed by atoms with Gasteiger partial charge in [0.25, 0.3) is 0 Å². The van der Waals surface area contributed by atoms with Crippen molar-refractivity contribution in [3.63, 3.8) is 0 Å². The number of sulfone groups is 1. The van der Waals surface area contributed by atoms with Gasteiger partial charge in [-0.3, -0.25) is 0 Å². The average Bonchev–Trinajstić information content (AvgIpc) is 2.93. The van der Waals surface area contributed by atoms with E-state index in [1.54, 1.807) is 35.7 Å². The number of thiophene rings is 1. The van der Waals surface area contributed by atoms with Gasteiger partial charge in [0.15, 0.2) is 9.84 Å². The molecule has 0 radical (unpaired) electrons.